The van der Waals surface area contributed by atoms with E-state index in [0.717, 1.165) is 0 Å². The van der Waals surface area contributed by atoms with Gasteiger partial charge in [-0.25, -0.2) is 9.97 Å². The molecule has 0 aromatic carbocycles. The second-order valence-corrected chi connectivity index (χ2v) is 4.73. The number of amides is 1. The van der Waals surface area contributed by atoms with Gasteiger partial charge in [0.1, 0.15) is 11.5 Å². The third-order valence-electron chi connectivity index (χ3n) is 2.72. The molecule has 2 N–H and O–H groups in total. The van der Waals surface area contributed by atoms with Crippen molar-refractivity contribution in [2.45, 2.75) is 13.3 Å². The van der Waals surface area contributed by atoms with Gasteiger partial charge in [0, 0.05) is 13.0 Å². The monoisotopic (exact) mass is 274 g/mol. The van der Waals surface area contributed by atoms with Gasteiger partial charge in [0.25, 0.3) is 0 Å². The summed E-state index contributed by atoms with van der Waals surface area (Å²) in [6.45, 7) is 2.67. The van der Waals surface area contributed by atoms with E-state index in [4.69, 9.17) is 28.9 Å². The van der Waals surface area contributed by atoms with Crippen LogP contribution in [0.5, 0.6) is 0 Å². The minimum absolute atomic E-state index is 0.0447. The Morgan fingerprint density at radius 1 is 1.41 bits per heavy atom. The van der Waals surface area contributed by atoms with Crippen LogP contribution in [0.4, 0.5) is 5.69 Å². The largest absolute Gasteiger partial charge is 0.330 e. The van der Waals surface area contributed by atoms with Crippen molar-refractivity contribution in [2.24, 2.45) is 11.7 Å². The number of halogens is 2. The average molecular weight is 275 g/mol. The van der Waals surface area contributed by atoms with Gasteiger partial charge in [-0.1, -0.05) is 23.2 Å². The summed E-state index contributed by atoms with van der Waals surface area (Å²) in [5, 5.41) is 0.405. The molecule has 1 fully saturated rings. The zero-order valence-electron chi connectivity index (χ0n) is 9.28. The molecule has 1 aliphatic heterocycles. The molecule has 1 saturated heterocycles. The smallest absolute Gasteiger partial charge is 0.227 e. The van der Waals surface area contributed by atoms with Gasteiger partial charge in [0.05, 0.1) is 0 Å². The molecule has 1 aromatic rings. The first-order valence-corrected chi connectivity index (χ1v) is 5.98. The van der Waals surface area contributed by atoms with Gasteiger partial charge in [-0.15, -0.1) is 0 Å². The first kappa shape index (κ1) is 12.5. The fourth-order valence-electron chi connectivity index (χ4n) is 1.88. The third-order valence-corrected chi connectivity index (χ3v) is 3.25. The summed E-state index contributed by atoms with van der Waals surface area (Å²) < 4.78 is 0. The summed E-state index contributed by atoms with van der Waals surface area (Å²) >= 11 is 12.0. The van der Waals surface area contributed by atoms with Crippen LogP contribution in [0.15, 0.2) is 0 Å². The molecule has 0 bridgehead atoms. The van der Waals surface area contributed by atoms with E-state index in [9.17, 15) is 4.79 Å². The molecule has 1 amide bonds. The van der Waals surface area contributed by atoms with Crippen molar-refractivity contribution < 1.29 is 4.79 Å². The Balaban J connectivity index is 2.38. The van der Waals surface area contributed by atoms with Gasteiger partial charge in [-0.2, -0.15) is 0 Å². The number of hydrogen-bond donors (Lipinski definition) is 1. The Labute approximate surface area is 109 Å². The van der Waals surface area contributed by atoms with Gasteiger partial charge < -0.3 is 10.6 Å². The Morgan fingerprint density at radius 3 is 2.47 bits per heavy atom. The Morgan fingerprint density at radius 2 is 2.00 bits per heavy atom. The number of carbonyl (C=O) groups is 1. The summed E-state index contributed by atoms with van der Waals surface area (Å²) in [5.74, 6) is 0.568. The van der Waals surface area contributed by atoms with E-state index in [1.54, 1.807) is 6.92 Å². The van der Waals surface area contributed by atoms with Crippen molar-refractivity contribution in [2.75, 3.05) is 18.0 Å². The van der Waals surface area contributed by atoms with Crippen molar-refractivity contribution in [1.29, 1.82) is 0 Å². The predicted molar refractivity (Wildman–Crippen MR) is 66.3 cm³/mol. The van der Waals surface area contributed by atoms with Gasteiger partial charge >= 0.3 is 0 Å². The molecule has 0 radical (unpaired) electrons. The lowest BCUT2D eigenvalue weighted by Gasteiger charge is -2.18. The molecule has 1 atom stereocenters. The van der Waals surface area contributed by atoms with Crippen LogP contribution in [-0.2, 0) is 4.79 Å². The Kier molecular flexibility index (Phi) is 3.51. The minimum Gasteiger partial charge on any atom is -0.330 e. The molecule has 0 aliphatic carbocycles. The van der Waals surface area contributed by atoms with E-state index in [0.29, 0.717) is 31.0 Å². The summed E-state index contributed by atoms with van der Waals surface area (Å²) in [4.78, 5) is 21.4. The number of nitrogens with zero attached hydrogens (tertiary/aromatic N) is 3. The van der Waals surface area contributed by atoms with E-state index in [1.807, 2.05) is 0 Å². The van der Waals surface area contributed by atoms with Gasteiger partial charge in [0.15, 0.2) is 10.3 Å². The minimum atomic E-state index is -0.0447. The van der Waals surface area contributed by atoms with Crippen LogP contribution in [0.25, 0.3) is 0 Å². The number of carbonyl (C=O) groups excluding carboxylic acids is 1. The molecule has 2 heterocycles. The fourth-order valence-corrected chi connectivity index (χ4v) is 2.55. The lowest BCUT2D eigenvalue weighted by Crippen LogP contribution is -2.27. The van der Waals surface area contributed by atoms with Crippen molar-refractivity contribution in [3.05, 3.63) is 16.1 Å². The van der Waals surface area contributed by atoms with Crippen LogP contribution in [0.1, 0.15) is 12.2 Å². The van der Waals surface area contributed by atoms with Crippen LogP contribution in [-0.4, -0.2) is 29.0 Å². The standard InChI is InChI=1S/C10H12Cl2N4O/c1-5-14-9(11)8(10(12)15-5)16-4-6(3-13)2-7(16)17/h6H,2-4,13H2,1H3. The zero-order chi connectivity index (χ0) is 12.6. The number of aryl methyl sites for hydroxylation is 1. The molecule has 0 saturated carbocycles. The van der Waals surface area contributed by atoms with Gasteiger partial charge in [-0.05, 0) is 19.4 Å². The summed E-state index contributed by atoms with van der Waals surface area (Å²) in [7, 11) is 0. The highest BCUT2D eigenvalue weighted by molar-refractivity contribution is 6.38. The molecule has 17 heavy (non-hydrogen) atoms. The number of aromatic nitrogens is 2. The molecule has 92 valence electrons. The van der Waals surface area contributed by atoms with Crippen molar-refractivity contribution in [3.63, 3.8) is 0 Å². The quantitative estimate of drug-likeness (QED) is 0.828. The van der Waals surface area contributed by atoms with Crippen LogP contribution in [0.3, 0.4) is 0 Å². The molecule has 7 heteroatoms. The maximum Gasteiger partial charge on any atom is 0.227 e. The van der Waals surface area contributed by atoms with Crippen LogP contribution in [0, 0.1) is 12.8 Å². The van der Waals surface area contributed by atoms with Crippen molar-refractivity contribution >= 4 is 34.8 Å². The van der Waals surface area contributed by atoms with E-state index >= 15 is 0 Å². The molecule has 1 aromatic heterocycles. The fraction of sp³-hybridized carbons (Fsp3) is 0.500. The second-order valence-electron chi connectivity index (χ2n) is 4.01. The summed E-state index contributed by atoms with van der Waals surface area (Å²) in [6.07, 6.45) is 0.414. The number of nitrogens with two attached hydrogens (primary N) is 1. The lowest BCUT2D eigenvalue weighted by molar-refractivity contribution is -0.117. The van der Waals surface area contributed by atoms with Crippen LogP contribution in [0.2, 0.25) is 10.3 Å². The summed E-state index contributed by atoms with van der Waals surface area (Å²) in [5.41, 5.74) is 5.95. The van der Waals surface area contributed by atoms with Gasteiger partial charge in [-0.3, -0.25) is 4.79 Å². The third kappa shape index (κ3) is 2.36. The summed E-state index contributed by atoms with van der Waals surface area (Å²) in [6, 6.07) is 0. The predicted octanol–water partition coefficient (Wildman–Crippen LogP) is 1.40. The SMILES string of the molecule is Cc1nc(Cl)c(N2CC(CN)CC2=O)c(Cl)n1. The van der Waals surface area contributed by atoms with Crippen LogP contribution < -0.4 is 10.6 Å². The average Bonchev–Trinajstić information content (AvgIpc) is 2.59. The molecular weight excluding hydrogens is 263 g/mol. The maximum absolute atomic E-state index is 11.8. The highest BCUT2D eigenvalue weighted by atomic mass is 35.5. The zero-order valence-corrected chi connectivity index (χ0v) is 10.8. The molecule has 5 nitrogen and oxygen atoms in total. The van der Waals surface area contributed by atoms with E-state index in [-0.39, 0.29) is 22.1 Å². The maximum atomic E-state index is 11.8. The van der Waals surface area contributed by atoms with E-state index < -0.39 is 0 Å². The van der Waals surface area contributed by atoms with E-state index in [1.165, 1.54) is 4.90 Å². The second kappa shape index (κ2) is 4.76. The number of rotatable bonds is 2. The lowest BCUT2D eigenvalue weighted by atomic mass is 10.1. The highest BCUT2D eigenvalue weighted by Gasteiger charge is 2.33. The van der Waals surface area contributed by atoms with Gasteiger partial charge in [0.2, 0.25) is 5.91 Å². The molecule has 2 rings (SSSR count). The van der Waals surface area contributed by atoms with Crippen molar-refractivity contribution in [3.8, 4) is 0 Å². The van der Waals surface area contributed by atoms with Crippen LogP contribution >= 0.6 is 23.2 Å². The molecule has 0 spiro atoms. The highest BCUT2D eigenvalue weighted by Crippen LogP contribution is 2.34. The Hall–Kier alpha value is -0.910. The molecule has 1 unspecified atom stereocenters. The first-order chi connectivity index (χ1) is 8.02. The van der Waals surface area contributed by atoms with Crippen molar-refractivity contribution in [1.82, 2.24) is 9.97 Å². The first-order valence-electron chi connectivity index (χ1n) is 5.23. The van der Waals surface area contributed by atoms with E-state index in [2.05, 4.69) is 9.97 Å². The molecular formula is C10H12Cl2N4O. The Bertz CT molecular complexity index is 443. The number of hydrogen-bond acceptors (Lipinski definition) is 4. The number of anilines is 1. The molecule has 1 aliphatic rings. The topological polar surface area (TPSA) is 72.1 Å². The normalized spacial score (nSPS) is 20.1.